The molecule has 2 aliphatic heterocycles. The zero-order chi connectivity index (χ0) is 15.6. The van der Waals surface area contributed by atoms with Gasteiger partial charge in [-0.1, -0.05) is 13.8 Å². The Morgan fingerprint density at radius 1 is 1.33 bits per heavy atom. The normalized spacial score (nSPS) is 22.0. The third kappa shape index (κ3) is 2.82. The molecule has 0 aromatic heterocycles. The van der Waals surface area contributed by atoms with Crippen LogP contribution in [0.4, 0.5) is 4.79 Å². The van der Waals surface area contributed by atoms with E-state index in [1.807, 2.05) is 13.8 Å². The molecule has 0 saturated carbocycles. The number of hydrogen-bond acceptors (Lipinski definition) is 3. The van der Waals surface area contributed by atoms with Crippen molar-refractivity contribution in [2.75, 3.05) is 26.2 Å². The number of carbonyl (C=O) groups excluding carboxylic acids is 2. The number of nitrogens with one attached hydrogen (secondary N) is 1. The lowest BCUT2D eigenvalue weighted by Crippen LogP contribution is -2.54. The quantitative estimate of drug-likeness (QED) is 0.773. The Hall–Kier alpha value is -1.79. The van der Waals surface area contributed by atoms with Gasteiger partial charge in [-0.2, -0.15) is 0 Å². The fourth-order valence-corrected chi connectivity index (χ4v) is 3.11. The standard InChI is InChI=1S/C14H23N3O4/c1-3-14(4-2,12(19)20)7-11(18)16-5-6-17-10(9-16)8-15-13(17)21/h10H,3-9H2,1-2H3,(H,15,21)(H,19,20). The van der Waals surface area contributed by atoms with Crippen LogP contribution < -0.4 is 5.32 Å². The minimum atomic E-state index is -0.974. The SMILES string of the molecule is CCC(CC)(CC(=O)N1CCN2C(=O)NCC2C1)C(=O)O. The second kappa shape index (κ2) is 5.91. The summed E-state index contributed by atoms with van der Waals surface area (Å²) < 4.78 is 0. The van der Waals surface area contributed by atoms with E-state index in [0.29, 0.717) is 39.0 Å². The monoisotopic (exact) mass is 297 g/mol. The number of aliphatic carboxylic acids is 1. The van der Waals surface area contributed by atoms with Gasteiger partial charge in [0.05, 0.1) is 11.5 Å². The summed E-state index contributed by atoms with van der Waals surface area (Å²) in [6.07, 6.45) is 0.908. The molecule has 0 aliphatic carbocycles. The van der Waals surface area contributed by atoms with Gasteiger partial charge < -0.3 is 20.2 Å². The van der Waals surface area contributed by atoms with Gasteiger partial charge in [-0.3, -0.25) is 9.59 Å². The van der Waals surface area contributed by atoms with Gasteiger partial charge in [-0.15, -0.1) is 0 Å². The summed E-state index contributed by atoms with van der Waals surface area (Å²) in [6.45, 7) is 5.65. The van der Waals surface area contributed by atoms with Crippen LogP contribution in [-0.4, -0.2) is 65.0 Å². The third-order valence-electron chi connectivity index (χ3n) is 4.88. The van der Waals surface area contributed by atoms with Crippen molar-refractivity contribution >= 4 is 17.9 Å². The van der Waals surface area contributed by atoms with Gasteiger partial charge in [-0.05, 0) is 12.8 Å². The van der Waals surface area contributed by atoms with Crippen molar-refractivity contribution in [2.24, 2.45) is 5.41 Å². The van der Waals surface area contributed by atoms with E-state index in [1.54, 1.807) is 9.80 Å². The van der Waals surface area contributed by atoms with Gasteiger partial charge in [-0.25, -0.2) is 4.79 Å². The zero-order valence-electron chi connectivity index (χ0n) is 12.6. The maximum atomic E-state index is 12.4. The van der Waals surface area contributed by atoms with Gasteiger partial charge in [0.2, 0.25) is 5.91 Å². The molecule has 0 aromatic rings. The van der Waals surface area contributed by atoms with E-state index >= 15 is 0 Å². The number of urea groups is 1. The zero-order valence-corrected chi connectivity index (χ0v) is 12.6. The van der Waals surface area contributed by atoms with Gasteiger partial charge >= 0.3 is 12.0 Å². The predicted molar refractivity (Wildman–Crippen MR) is 75.7 cm³/mol. The number of fused-ring (bicyclic) bond motifs is 1. The fourth-order valence-electron chi connectivity index (χ4n) is 3.11. The van der Waals surface area contributed by atoms with E-state index in [2.05, 4.69) is 5.32 Å². The van der Waals surface area contributed by atoms with Crippen LogP contribution >= 0.6 is 0 Å². The molecule has 0 bridgehead atoms. The van der Waals surface area contributed by atoms with Gasteiger partial charge in [0.25, 0.3) is 0 Å². The first-order chi connectivity index (χ1) is 9.93. The van der Waals surface area contributed by atoms with Crippen LogP contribution in [0.3, 0.4) is 0 Å². The number of piperazine rings is 1. The first kappa shape index (κ1) is 15.6. The Morgan fingerprint density at radius 3 is 2.57 bits per heavy atom. The van der Waals surface area contributed by atoms with Crippen molar-refractivity contribution in [3.05, 3.63) is 0 Å². The first-order valence-electron chi connectivity index (χ1n) is 7.49. The molecular formula is C14H23N3O4. The number of hydrogen-bond donors (Lipinski definition) is 2. The number of rotatable bonds is 5. The highest BCUT2D eigenvalue weighted by Gasteiger charge is 2.41. The predicted octanol–water partition coefficient (Wildman–Crippen LogP) is 0.504. The van der Waals surface area contributed by atoms with E-state index in [4.69, 9.17) is 0 Å². The third-order valence-corrected chi connectivity index (χ3v) is 4.88. The van der Waals surface area contributed by atoms with Crippen LogP contribution in [0.15, 0.2) is 0 Å². The Labute approximate surface area is 124 Å². The molecule has 3 amide bonds. The van der Waals surface area contributed by atoms with Crippen molar-refractivity contribution in [1.82, 2.24) is 15.1 Å². The highest BCUT2D eigenvalue weighted by molar-refractivity contribution is 5.85. The average molecular weight is 297 g/mol. The average Bonchev–Trinajstić information content (AvgIpc) is 2.85. The lowest BCUT2D eigenvalue weighted by Gasteiger charge is -2.38. The topological polar surface area (TPSA) is 90.0 Å². The summed E-state index contributed by atoms with van der Waals surface area (Å²) >= 11 is 0. The molecule has 2 N–H and O–H groups in total. The molecule has 7 heteroatoms. The molecule has 7 nitrogen and oxygen atoms in total. The summed E-state index contributed by atoms with van der Waals surface area (Å²) in [5, 5.41) is 12.2. The van der Waals surface area contributed by atoms with Crippen LogP contribution in [0, 0.1) is 5.41 Å². The van der Waals surface area contributed by atoms with Crippen molar-refractivity contribution in [3.8, 4) is 0 Å². The van der Waals surface area contributed by atoms with E-state index < -0.39 is 11.4 Å². The molecule has 2 heterocycles. The van der Waals surface area contributed by atoms with E-state index in [-0.39, 0.29) is 24.4 Å². The molecule has 118 valence electrons. The molecule has 2 rings (SSSR count). The minimum Gasteiger partial charge on any atom is -0.481 e. The molecule has 0 aromatic carbocycles. The first-order valence-corrected chi connectivity index (χ1v) is 7.49. The largest absolute Gasteiger partial charge is 0.481 e. The van der Waals surface area contributed by atoms with Crippen LogP contribution in [-0.2, 0) is 9.59 Å². The van der Waals surface area contributed by atoms with Gasteiger partial charge in [0.1, 0.15) is 0 Å². The van der Waals surface area contributed by atoms with E-state index in [0.717, 1.165) is 0 Å². The summed E-state index contributed by atoms with van der Waals surface area (Å²) in [5.74, 6) is -1.03. The highest BCUT2D eigenvalue weighted by Crippen LogP contribution is 2.32. The van der Waals surface area contributed by atoms with Crippen molar-refractivity contribution in [2.45, 2.75) is 39.2 Å². The number of amides is 3. The van der Waals surface area contributed by atoms with Crippen LogP contribution in [0.5, 0.6) is 0 Å². The number of nitrogens with zero attached hydrogens (tertiary/aromatic N) is 2. The summed E-state index contributed by atoms with van der Waals surface area (Å²) in [7, 11) is 0. The lowest BCUT2D eigenvalue weighted by molar-refractivity contribution is -0.154. The highest BCUT2D eigenvalue weighted by atomic mass is 16.4. The molecule has 1 unspecified atom stereocenters. The van der Waals surface area contributed by atoms with E-state index in [1.165, 1.54) is 0 Å². The fraction of sp³-hybridized carbons (Fsp3) is 0.786. The van der Waals surface area contributed by atoms with Gasteiger partial charge in [0, 0.05) is 32.6 Å². The summed E-state index contributed by atoms with van der Waals surface area (Å²) in [6, 6.07) is -0.0632. The molecule has 2 aliphatic rings. The van der Waals surface area contributed by atoms with Crippen LogP contribution in [0.2, 0.25) is 0 Å². The maximum absolute atomic E-state index is 12.4. The van der Waals surface area contributed by atoms with Gasteiger partial charge in [0.15, 0.2) is 0 Å². The second-order valence-corrected chi connectivity index (χ2v) is 5.84. The molecule has 21 heavy (non-hydrogen) atoms. The lowest BCUT2D eigenvalue weighted by atomic mass is 9.79. The smallest absolute Gasteiger partial charge is 0.317 e. The Kier molecular flexibility index (Phi) is 4.39. The maximum Gasteiger partial charge on any atom is 0.317 e. The number of carbonyl (C=O) groups is 3. The second-order valence-electron chi connectivity index (χ2n) is 5.84. The van der Waals surface area contributed by atoms with Crippen molar-refractivity contribution in [1.29, 1.82) is 0 Å². The molecule has 2 fully saturated rings. The molecule has 2 saturated heterocycles. The Bertz CT molecular complexity index is 448. The molecular weight excluding hydrogens is 274 g/mol. The molecule has 0 spiro atoms. The minimum absolute atomic E-state index is 0.0117. The summed E-state index contributed by atoms with van der Waals surface area (Å²) in [4.78, 5) is 38.9. The van der Waals surface area contributed by atoms with Crippen molar-refractivity contribution in [3.63, 3.8) is 0 Å². The van der Waals surface area contributed by atoms with Crippen molar-refractivity contribution < 1.29 is 19.5 Å². The number of carboxylic acid groups (broad SMARTS) is 1. The van der Waals surface area contributed by atoms with Crippen LogP contribution in [0.25, 0.3) is 0 Å². The summed E-state index contributed by atoms with van der Waals surface area (Å²) in [5.41, 5.74) is -0.974. The molecule has 0 radical (unpaired) electrons. The van der Waals surface area contributed by atoms with Crippen LogP contribution in [0.1, 0.15) is 33.1 Å². The Morgan fingerprint density at radius 2 is 2.00 bits per heavy atom. The van der Waals surface area contributed by atoms with E-state index in [9.17, 15) is 19.5 Å². The molecule has 1 atom stereocenters. The number of carboxylic acids is 1. The Balaban J connectivity index is 2.01.